The Hall–Kier alpha value is -1.37. The molecular formula is C16H22N4OS. The minimum absolute atomic E-state index is 0.177. The zero-order valence-corrected chi connectivity index (χ0v) is 14.1. The summed E-state index contributed by atoms with van der Waals surface area (Å²) in [6.07, 6.45) is 0. The van der Waals surface area contributed by atoms with E-state index in [1.807, 2.05) is 30.0 Å². The molecule has 0 radical (unpaired) electrons. The summed E-state index contributed by atoms with van der Waals surface area (Å²) in [7, 11) is 2.10. The van der Waals surface area contributed by atoms with Gasteiger partial charge in [-0.15, -0.1) is 11.8 Å². The number of thioether (sulfide) groups is 1. The minimum atomic E-state index is 0.177. The second-order valence-electron chi connectivity index (χ2n) is 5.82. The first kappa shape index (κ1) is 15.5. The van der Waals surface area contributed by atoms with Crippen molar-refractivity contribution in [3.05, 3.63) is 30.1 Å². The monoisotopic (exact) mass is 318 g/mol. The standard InChI is InChI=1S/C16H22N4OS/c1-11(2)22-14-7-5-4-6-12(14)16-18-15(19-21-16)13-10-17-8-9-20(13)3/h4-7,11,13,17H,8-10H2,1-3H3. The molecule has 1 aromatic heterocycles. The van der Waals surface area contributed by atoms with Gasteiger partial charge in [0.2, 0.25) is 0 Å². The van der Waals surface area contributed by atoms with E-state index in [1.54, 1.807) is 0 Å². The fourth-order valence-corrected chi connectivity index (χ4v) is 3.52. The van der Waals surface area contributed by atoms with Crippen molar-refractivity contribution in [1.29, 1.82) is 0 Å². The van der Waals surface area contributed by atoms with Crippen LogP contribution in [0, 0.1) is 0 Å². The zero-order chi connectivity index (χ0) is 15.5. The van der Waals surface area contributed by atoms with Gasteiger partial charge in [-0.1, -0.05) is 31.1 Å². The maximum atomic E-state index is 5.55. The average Bonchev–Trinajstić information content (AvgIpc) is 2.97. The predicted octanol–water partition coefficient (Wildman–Crippen LogP) is 2.81. The van der Waals surface area contributed by atoms with E-state index >= 15 is 0 Å². The van der Waals surface area contributed by atoms with Gasteiger partial charge in [0.1, 0.15) is 0 Å². The largest absolute Gasteiger partial charge is 0.334 e. The lowest BCUT2D eigenvalue weighted by Gasteiger charge is -2.30. The summed E-state index contributed by atoms with van der Waals surface area (Å²) in [5.41, 5.74) is 1.02. The van der Waals surface area contributed by atoms with Crippen molar-refractivity contribution < 1.29 is 4.52 Å². The Kier molecular flexibility index (Phi) is 4.81. The second kappa shape index (κ2) is 6.81. The van der Waals surface area contributed by atoms with Gasteiger partial charge in [0, 0.05) is 29.8 Å². The summed E-state index contributed by atoms with van der Waals surface area (Å²) >= 11 is 1.81. The second-order valence-corrected chi connectivity index (χ2v) is 7.44. The number of nitrogens with zero attached hydrogens (tertiary/aromatic N) is 3. The number of piperazine rings is 1. The van der Waals surface area contributed by atoms with E-state index in [4.69, 9.17) is 4.52 Å². The van der Waals surface area contributed by atoms with Crippen LogP contribution in [0.2, 0.25) is 0 Å². The first-order valence-corrected chi connectivity index (χ1v) is 8.53. The van der Waals surface area contributed by atoms with Crippen molar-refractivity contribution in [3.63, 3.8) is 0 Å². The highest BCUT2D eigenvalue weighted by Gasteiger charge is 2.26. The number of nitrogens with one attached hydrogen (secondary N) is 1. The molecule has 0 amide bonds. The molecule has 1 unspecified atom stereocenters. The molecule has 3 rings (SSSR count). The summed E-state index contributed by atoms with van der Waals surface area (Å²) in [6.45, 7) is 7.23. The van der Waals surface area contributed by atoms with Gasteiger partial charge in [-0.3, -0.25) is 4.90 Å². The summed E-state index contributed by atoms with van der Waals surface area (Å²) in [4.78, 5) is 8.10. The van der Waals surface area contributed by atoms with Gasteiger partial charge in [0.25, 0.3) is 5.89 Å². The molecule has 1 aromatic carbocycles. The van der Waals surface area contributed by atoms with Crippen LogP contribution in [-0.2, 0) is 0 Å². The van der Waals surface area contributed by atoms with E-state index in [1.165, 1.54) is 4.90 Å². The third kappa shape index (κ3) is 3.34. The smallest absolute Gasteiger partial charge is 0.259 e. The highest BCUT2D eigenvalue weighted by atomic mass is 32.2. The molecule has 1 N–H and O–H groups in total. The van der Waals surface area contributed by atoms with Crippen LogP contribution in [0.4, 0.5) is 0 Å². The van der Waals surface area contributed by atoms with Gasteiger partial charge in [0.15, 0.2) is 5.82 Å². The summed E-state index contributed by atoms with van der Waals surface area (Å²) in [6, 6.07) is 8.39. The van der Waals surface area contributed by atoms with E-state index in [9.17, 15) is 0 Å². The molecule has 1 aliphatic rings. The Morgan fingerprint density at radius 1 is 1.36 bits per heavy atom. The Labute approximate surface area is 135 Å². The van der Waals surface area contributed by atoms with Crippen LogP contribution >= 0.6 is 11.8 Å². The normalized spacial score (nSPS) is 19.7. The number of aromatic nitrogens is 2. The van der Waals surface area contributed by atoms with Gasteiger partial charge in [-0.2, -0.15) is 4.98 Å². The highest BCUT2D eigenvalue weighted by molar-refractivity contribution is 8.00. The third-order valence-corrected chi connectivity index (χ3v) is 4.81. The van der Waals surface area contributed by atoms with Gasteiger partial charge in [-0.05, 0) is 19.2 Å². The summed E-state index contributed by atoms with van der Waals surface area (Å²) in [5.74, 6) is 1.37. The van der Waals surface area contributed by atoms with E-state index < -0.39 is 0 Å². The lowest BCUT2D eigenvalue weighted by Crippen LogP contribution is -2.44. The number of likely N-dealkylation sites (N-methyl/N-ethyl adjacent to an activating group) is 1. The minimum Gasteiger partial charge on any atom is -0.334 e. The Morgan fingerprint density at radius 3 is 2.95 bits per heavy atom. The maximum Gasteiger partial charge on any atom is 0.259 e. The molecule has 1 fully saturated rings. The third-order valence-electron chi connectivity index (χ3n) is 3.73. The SMILES string of the molecule is CC(C)Sc1ccccc1-c1nc(C2CNCCN2C)no1. The molecule has 22 heavy (non-hydrogen) atoms. The maximum absolute atomic E-state index is 5.55. The predicted molar refractivity (Wildman–Crippen MR) is 89.0 cm³/mol. The Balaban J connectivity index is 1.87. The molecule has 2 aromatic rings. The molecule has 1 atom stereocenters. The van der Waals surface area contributed by atoms with Crippen molar-refractivity contribution in [2.75, 3.05) is 26.7 Å². The Morgan fingerprint density at radius 2 is 2.18 bits per heavy atom. The van der Waals surface area contributed by atoms with Gasteiger partial charge >= 0.3 is 0 Å². The van der Waals surface area contributed by atoms with Crippen LogP contribution in [0.25, 0.3) is 11.5 Å². The average molecular weight is 318 g/mol. The van der Waals surface area contributed by atoms with E-state index in [-0.39, 0.29) is 6.04 Å². The van der Waals surface area contributed by atoms with Crippen molar-refractivity contribution >= 4 is 11.8 Å². The molecule has 6 heteroatoms. The number of hydrogen-bond donors (Lipinski definition) is 1. The molecule has 118 valence electrons. The van der Waals surface area contributed by atoms with Crippen LogP contribution in [-0.4, -0.2) is 47.0 Å². The number of benzene rings is 1. The Bertz CT molecular complexity index is 628. The molecule has 0 bridgehead atoms. The molecular weight excluding hydrogens is 296 g/mol. The topological polar surface area (TPSA) is 54.2 Å². The molecule has 0 saturated carbocycles. The lowest BCUT2D eigenvalue weighted by atomic mass is 10.2. The van der Waals surface area contributed by atoms with Crippen molar-refractivity contribution in [3.8, 4) is 11.5 Å². The van der Waals surface area contributed by atoms with Crippen molar-refractivity contribution in [2.45, 2.75) is 30.0 Å². The molecule has 5 nitrogen and oxygen atoms in total. The van der Waals surface area contributed by atoms with E-state index in [0.717, 1.165) is 31.0 Å². The lowest BCUT2D eigenvalue weighted by molar-refractivity contribution is 0.190. The van der Waals surface area contributed by atoms with Crippen molar-refractivity contribution in [2.24, 2.45) is 0 Å². The quantitative estimate of drug-likeness (QED) is 0.875. The highest BCUT2D eigenvalue weighted by Crippen LogP contribution is 2.33. The fourth-order valence-electron chi connectivity index (χ4n) is 2.57. The number of rotatable bonds is 4. The molecule has 0 aliphatic carbocycles. The first-order chi connectivity index (χ1) is 10.6. The first-order valence-electron chi connectivity index (χ1n) is 7.66. The zero-order valence-electron chi connectivity index (χ0n) is 13.2. The van der Waals surface area contributed by atoms with Crippen LogP contribution in [0.1, 0.15) is 25.7 Å². The van der Waals surface area contributed by atoms with E-state index in [2.05, 4.69) is 47.3 Å². The van der Waals surface area contributed by atoms with E-state index in [0.29, 0.717) is 11.1 Å². The van der Waals surface area contributed by atoms with Crippen LogP contribution < -0.4 is 5.32 Å². The molecule has 1 saturated heterocycles. The van der Waals surface area contributed by atoms with Crippen molar-refractivity contribution in [1.82, 2.24) is 20.4 Å². The summed E-state index contributed by atoms with van der Waals surface area (Å²) < 4.78 is 5.55. The van der Waals surface area contributed by atoms with Gasteiger partial charge in [0.05, 0.1) is 11.6 Å². The molecule has 0 spiro atoms. The number of hydrogen-bond acceptors (Lipinski definition) is 6. The van der Waals surface area contributed by atoms with Crippen LogP contribution in [0.5, 0.6) is 0 Å². The van der Waals surface area contributed by atoms with Gasteiger partial charge < -0.3 is 9.84 Å². The molecule has 2 heterocycles. The summed E-state index contributed by atoms with van der Waals surface area (Å²) in [5, 5.41) is 8.10. The van der Waals surface area contributed by atoms with Gasteiger partial charge in [-0.25, -0.2) is 0 Å². The van der Waals surface area contributed by atoms with Crippen LogP contribution in [0.3, 0.4) is 0 Å². The molecule has 1 aliphatic heterocycles. The fraction of sp³-hybridized carbons (Fsp3) is 0.500. The van der Waals surface area contributed by atoms with Crippen LogP contribution in [0.15, 0.2) is 33.7 Å².